The average molecular weight is 370 g/mol. The van der Waals surface area contributed by atoms with Crippen LogP contribution in [0.15, 0.2) is 0 Å². The molecule has 0 nitrogen and oxygen atoms in total. The fourth-order valence-electron chi connectivity index (χ4n) is 0.192. The SMILES string of the molecule is Cl[C]1(Cl)[Tl][C]1(Cl)Cl. The van der Waals surface area contributed by atoms with Crippen molar-refractivity contribution in [2.45, 2.75) is 3.79 Å². The van der Waals surface area contributed by atoms with Gasteiger partial charge in [0.15, 0.2) is 0 Å². The first-order valence-corrected chi connectivity index (χ1v) is 7.58. The molecule has 0 aromatic carbocycles. The van der Waals surface area contributed by atoms with Gasteiger partial charge in [-0.2, -0.15) is 0 Å². The monoisotopic (exact) mass is 369 g/mol. The predicted molar refractivity (Wildman–Crippen MR) is 34.6 cm³/mol. The van der Waals surface area contributed by atoms with Gasteiger partial charge in [-0.1, -0.05) is 0 Å². The zero-order valence-corrected chi connectivity index (χ0v) is 10.6. The second kappa shape index (κ2) is 1.78. The van der Waals surface area contributed by atoms with Crippen LogP contribution in [0.5, 0.6) is 0 Å². The zero-order chi connectivity index (χ0) is 5.71. The van der Waals surface area contributed by atoms with E-state index in [0.29, 0.717) is 0 Å². The summed E-state index contributed by atoms with van der Waals surface area (Å²) in [5.41, 5.74) is 0. The summed E-state index contributed by atoms with van der Waals surface area (Å²) in [4.78, 5) is 0. The van der Waals surface area contributed by atoms with Crippen molar-refractivity contribution in [1.82, 2.24) is 0 Å². The third kappa shape index (κ3) is 1.31. The van der Waals surface area contributed by atoms with E-state index < -0.39 is 28.0 Å². The minimum absolute atomic E-state index is 0.671. The summed E-state index contributed by atoms with van der Waals surface area (Å²) in [7, 11) is 0. The molecule has 0 aromatic rings. The van der Waals surface area contributed by atoms with E-state index in [1.807, 2.05) is 0 Å². The van der Waals surface area contributed by atoms with Crippen LogP contribution >= 0.6 is 46.4 Å². The number of halogens is 4. The molecule has 1 saturated heterocycles. The third-order valence-electron chi connectivity index (χ3n) is 0.724. The van der Waals surface area contributed by atoms with Crippen LogP contribution in [0.3, 0.4) is 0 Å². The number of rotatable bonds is 0. The van der Waals surface area contributed by atoms with Gasteiger partial charge in [-0.05, 0) is 0 Å². The number of hydrogen-bond acceptors (Lipinski definition) is 0. The zero-order valence-electron chi connectivity index (χ0n) is 3.09. The Balaban J connectivity index is 2.59. The van der Waals surface area contributed by atoms with Crippen molar-refractivity contribution in [3.63, 3.8) is 0 Å². The summed E-state index contributed by atoms with van der Waals surface area (Å²) in [6.07, 6.45) is 0. The maximum atomic E-state index is 5.53. The normalized spacial score (nSPS) is 30.3. The molecule has 0 aromatic heterocycles. The van der Waals surface area contributed by atoms with E-state index in [9.17, 15) is 0 Å². The molecule has 0 N–H and O–H groups in total. The molecule has 1 heterocycles. The van der Waals surface area contributed by atoms with Crippen molar-refractivity contribution >= 4 is 70.6 Å². The molecule has 39 valence electrons. The molecule has 0 spiro atoms. The van der Waals surface area contributed by atoms with E-state index in [-0.39, 0.29) is 0 Å². The van der Waals surface area contributed by atoms with Gasteiger partial charge in [0, 0.05) is 0 Å². The Labute approximate surface area is 73.6 Å². The van der Waals surface area contributed by atoms with Crippen LogP contribution in [0, 0.1) is 0 Å². The summed E-state index contributed by atoms with van der Waals surface area (Å²) in [5.74, 6) is 0. The summed E-state index contributed by atoms with van der Waals surface area (Å²) >= 11 is 21.0. The summed E-state index contributed by atoms with van der Waals surface area (Å²) < 4.78 is -1.34. The first-order chi connectivity index (χ1) is 2.96. The molecule has 0 amide bonds. The molecule has 1 rings (SSSR count). The Hall–Kier alpha value is 2.08. The van der Waals surface area contributed by atoms with Crippen LogP contribution in [0.1, 0.15) is 0 Å². The van der Waals surface area contributed by atoms with Crippen LogP contribution in [-0.4, -0.2) is 28.0 Å². The van der Waals surface area contributed by atoms with Crippen molar-refractivity contribution in [2.75, 3.05) is 0 Å². The molecular weight excluding hydrogens is 370 g/mol. The molecule has 1 aliphatic rings. The van der Waals surface area contributed by atoms with Crippen molar-refractivity contribution in [2.24, 2.45) is 0 Å². The maximum absolute atomic E-state index is 5.53. The molecule has 0 aliphatic carbocycles. The van der Waals surface area contributed by atoms with Crippen LogP contribution < -0.4 is 0 Å². The van der Waals surface area contributed by atoms with Crippen molar-refractivity contribution in [3.05, 3.63) is 0 Å². The quantitative estimate of drug-likeness (QED) is 0.452. The van der Waals surface area contributed by atoms with E-state index in [1.165, 1.54) is 0 Å². The van der Waals surface area contributed by atoms with Gasteiger partial charge in [-0.3, -0.25) is 0 Å². The van der Waals surface area contributed by atoms with Crippen LogP contribution in [0.2, 0.25) is 0 Å². The number of alkyl halides is 4. The molecule has 1 aliphatic heterocycles. The van der Waals surface area contributed by atoms with E-state index in [0.717, 1.165) is 0 Å². The topological polar surface area (TPSA) is 0 Å². The Morgan fingerprint density at radius 3 is 1.00 bits per heavy atom. The van der Waals surface area contributed by atoms with E-state index in [1.54, 1.807) is 0 Å². The molecule has 0 atom stereocenters. The average Bonchev–Trinajstić information content (AvgIpc) is 1.63. The van der Waals surface area contributed by atoms with Crippen LogP contribution in [-0.2, 0) is 0 Å². The van der Waals surface area contributed by atoms with Gasteiger partial charge < -0.3 is 0 Å². The third-order valence-corrected chi connectivity index (χ3v) is 14.0. The predicted octanol–water partition coefficient (Wildman–Crippen LogP) is 1.97. The second-order valence-electron chi connectivity index (χ2n) is 1.39. The first-order valence-electron chi connectivity index (χ1n) is 1.58. The molecular formula is C2Cl4Tl. The second-order valence-corrected chi connectivity index (χ2v) is 17.7. The molecule has 5 heteroatoms. The molecule has 7 heavy (non-hydrogen) atoms. The molecule has 1 fully saturated rings. The standard InChI is InChI=1S/C2Cl4.Tl/c3-1(4)2(5)6;. The molecule has 0 saturated carbocycles. The number of hydrogen-bond donors (Lipinski definition) is 0. The Morgan fingerprint density at radius 2 is 1.00 bits per heavy atom. The molecule has 0 bridgehead atoms. The molecule has 0 radical (unpaired) electrons. The van der Waals surface area contributed by atoms with Gasteiger partial charge in [0.05, 0.1) is 0 Å². The van der Waals surface area contributed by atoms with Gasteiger partial charge in [-0.15, -0.1) is 0 Å². The van der Waals surface area contributed by atoms with Gasteiger partial charge in [0.25, 0.3) is 0 Å². The fourth-order valence-corrected chi connectivity index (χ4v) is 9.39. The summed E-state index contributed by atoms with van der Waals surface area (Å²) in [5, 5.41) is 0. The summed E-state index contributed by atoms with van der Waals surface area (Å²) in [6.45, 7) is 0. The first kappa shape index (κ1) is 7.19. The van der Waals surface area contributed by atoms with Crippen molar-refractivity contribution in [3.8, 4) is 0 Å². The van der Waals surface area contributed by atoms with Crippen LogP contribution in [0.4, 0.5) is 0 Å². The van der Waals surface area contributed by atoms with E-state index in [4.69, 9.17) is 46.4 Å². The Morgan fingerprint density at radius 1 is 0.857 bits per heavy atom. The van der Waals surface area contributed by atoms with E-state index in [2.05, 4.69) is 0 Å². The van der Waals surface area contributed by atoms with Gasteiger partial charge >= 0.3 is 74.4 Å². The van der Waals surface area contributed by atoms with Gasteiger partial charge in [0.2, 0.25) is 0 Å². The molecule has 0 unspecified atom stereocenters. The van der Waals surface area contributed by atoms with E-state index >= 15 is 0 Å². The van der Waals surface area contributed by atoms with Crippen LogP contribution in [0.25, 0.3) is 0 Å². The van der Waals surface area contributed by atoms with Crippen molar-refractivity contribution in [1.29, 1.82) is 0 Å². The van der Waals surface area contributed by atoms with Gasteiger partial charge in [0.1, 0.15) is 0 Å². The Bertz CT molecular complexity index is 85.9. The Kier molecular flexibility index (Phi) is 1.83. The van der Waals surface area contributed by atoms with Gasteiger partial charge in [-0.25, -0.2) is 0 Å². The fraction of sp³-hybridized carbons (Fsp3) is 1.00. The summed E-state index contributed by atoms with van der Waals surface area (Å²) in [6, 6.07) is 0. The minimum atomic E-state index is -1.16. The van der Waals surface area contributed by atoms with Crippen molar-refractivity contribution < 1.29 is 0 Å².